The van der Waals surface area contributed by atoms with Gasteiger partial charge in [0.05, 0.1) is 23.9 Å². The van der Waals surface area contributed by atoms with Crippen molar-refractivity contribution in [3.63, 3.8) is 0 Å². The van der Waals surface area contributed by atoms with Crippen molar-refractivity contribution in [1.82, 2.24) is 5.43 Å². The minimum Gasteiger partial charge on any atom is -0.452 e. The Kier molecular flexibility index (Phi) is 5.71. The van der Waals surface area contributed by atoms with Crippen molar-refractivity contribution in [3.05, 3.63) is 64.7 Å². The van der Waals surface area contributed by atoms with Crippen LogP contribution in [0.2, 0.25) is 5.02 Å². The van der Waals surface area contributed by atoms with Crippen LogP contribution >= 0.6 is 11.6 Å². The van der Waals surface area contributed by atoms with Gasteiger partial charge in [-0.15, -0.1) is 0 Å². The molecule has 0 aromatic heterocycles. The third-order valence-electron chi connectivity index (χ3n) is 2.74. The van der Waals surface area contributed by atoms with E-state index in [2.05, 4.69) is 15.3 Å². The summed E-state index contributed by atoms with van der Waals surface area (Å²) in [6.45, 7) is 0. The number of carbonyl (C=O) groups is 2. The van der Waals surface area contributed by atoms with Crippen molar-refractivity contribution in [2.24, 2.45) is 5.10 Å². The third kappa shape index (κ3) is 4.82. The number of benzene rings is 2. The molecule has 0 heterocycles. The summed E-state index contributed by atoms with van der Waals surface area (Å²) in [5.41, 5.74) is 3.16. The first-order valence-electron chi connectivity index (χ1n) is 6.54. The molecule has 0 aliphatic heterocycles. The number of methoxy groups -OCH3 is 1. The SMILES string of the molecule is COC(=O)N/N=C/c1ccc(OC(=O)c2ccccc2Cl)cc1. The van der Waals surface area contributed by atoms with Crippen LogP contribution in [-0.2, 0) is 4.74 Å². The Balaban J connectivity index is 1.99. The number of esters is 1. The lowest BCUT2D eigenvalue weighted by molar-refractivity contribution is 0.0735. The van der Waals surface area contributed by atoms with E-state index in [4.69, 9.17) is 16.3 Å². The molecule has 0 aliphatic carbocycles. The molecule has 2 aromatic rings. The van der Waals surface area contributed by atoms with Gasteiger partial charge in [0.25, 0.3) is 0 Å². The molecule has 2 rings (SSSR count). The van der Waals surface area contributed by atoms with Gasteiger partial charge in [0.1, 0.15) is 5.75 Å². The standard InChI is InChI=1S/C16H13ClN2O4/c1-22-16(21)19-18-10-11-6-8-12(9-7-11)23-15(20)13-4-2-3-5-14(13)17/h2-10H,1H3,(H,19,21)/b18-10+. The zero-order chi connectivity index (χ0) is 16.7. The molecule has 118 valence electrons. The number of rotatable bonds is 4. The first-order chi connectivity index (χ1) is 11.1. The lowest BCUT2D eigenvalue weighted by Gasteiger charge is -2.05. The Labute approximate surface area is 137 Å². The second kappa shape index (κ2) is 7.95. The molecule has 0 bridgehead atoms. The molecule has 1 amide bonds. The number of halogens is 1. The number of hydrazone groups is 1. The molecule has 6 nitrogen and oxygen atoms in total. The summed E-state index contributed by atoms with van der Waals surface area (Å²) in [5, 5.41) is 4.02. The minimum atomic E-state index is -0.661. The van der Waals surface area contributed by atoms with Gasteiger partial charge < -0.3 is 9.47 Å². The first kappa shape index (κ1) is 16.5. The van der Waals surface area contributed by atoms with Crippen molar-refractivity contribution in [2.45, 2.75) is 0 Å². The Morgan fingerprint density at radius 1 is 1.13 bits per heavy atom. The summed E-state index contributed by atoms with van der Waals surface area (Å²) < 4.78 is 9.61. The van der Waals surface area contributed by atoms with Gasteiger partial charge in [-0.2, -0.15) is 5.10 Å². The van der Waals surface area contributed by atoms with Crippen LogP contribution in [0.3, 0.4) is 0 Å². The average molecular weight is 333 g/mol. The zero-order valence-corrected chi connectivity index (χ0v) is 12.9. The number of ether oxygens (including phenoxy) is 2. The second-order valence-corrected chi connectivity index (χ2v) is 4.71. The van der Waals surface area contributed by atoms with E-state index in [1.807, 2.05) is 0 Å². The van der Waals surface area contributed by atoms with Crippen LogP contribution in [0.5, 0.6) is 5.75 Å². The molecule has 2 aromatic carbocycles. The molecule has 0 saturated heterocycles. The van der Waals surface area contributed by atoms with E-state index in [1.165, 1.54) is 13.3 Å². The summed E-state index contributed by atoms with van der Waals surface area (Å²) in [4.78, 5) is 22.8. The molecule has 0 atom stereocenters. The number of nitrogens with one attached hydrogen (secondary N) is 1. The Hall–Kier alpha value is -2.86. The fourth-order valence-electron chi connectivity index (χ4n) is 1.62. The van der Waals surface area contributed by atoms with Crippen LogP contribution in [0.1, 0.15) is 15.9 Å². The van der Waals surface area contributed by atoms with Gasteiger partial charge in [-0.1, -0.05) is 23.7 Å². The van der Waals surface area contributed by atoms with E-state index in [0.29, 0.717) is 21.9 Å². The van der Waals surface area contributed by atoms with Crippen molar-refractivity contribution < 1.29 is 19.1 Å². The second-order valence-electron chi connectivity index (χ2n) is 4.30. The van der Waals surface area contributed by atoms with Crippen LogP contribution in [-0.4, -0.2) is 25.4 Å². The fourth-order valence-corrected chi connectivity index (χ4v) is 1.83. The van der Waals surface area contributed by atoms with E-state index in [1.54, 1.807) is 48.5 Å². The number of hydrogen-bond donors (Lipinski definition) is 1. The van der Waals surface area contributed by atoms with Crippen molar-refractivity contribution in [1.29, 1.82) is 0 Å². The Morgan fingerprint density at radius 3 is 2.48 bits per heavy atom. The van der Waals surface area contributed by atoms with Gasteiger partial charge in [-0.25, -0.2) is 15.0 Å². The molecule has 7 heteroatoms. The average Bonchev–Trinajstić information content (AvgIpc) is 2.56. The monoisotopic (exact) mass is 332 g/mol. The van der Waals surface area contributed by atoms with E-state index < -0.39 is 12.1 Å². The van der Waals surface area contributed by atoms with E-state index in [0.717, 1.165) is 0 Å². The van der Waals surface area contributed by atoms with Crippen LogP contribution in [0.4, 0.5) is 4.79 Å². The molecule has 23 heavy (non-hydrogen) atoms. The number of hydrogen-bond acceptors (Lipinski definition) is 5. The van der Waals surface area contributed by atoms with Gasteiger partial charge in [0.15, 0.2) is 0 Å². The maximum atomic E-state index is 12.0. The normalized spacial score (nSPS) is 10.3. The maximum Gasteiger partial charge on any atom is 0.427 e. The largest absolute Gasteiger partial charge is 0.452 e. The molecular weight excluding hydrogens is 320 g/mol. The maximum absolute atomic E-state index is 12.0. The van der Waals surface area contributed by atoms with Gasteiger partial charge in [-0.3, -0.25) is 0 Å². The summed E-state index contributed by atoms with van der Waals surface area (Å²) in [5.74, 6) is -0.169. The molecular formula is C16H13ClN2O4. The molecule has 1 N–H and O–H groups in total. The highest BCUT2D eigenvalue weighted by atomic mass is 35.5. The van der Waals surface area contributed by atoms with Gasteiger partial charge in [-0.05, 0) is 42.0 Å². The smallest absolute Gasteiger partial charge is 0.427 e. The molecule has 0 spiro atoms. The summed E-state index contributed by atoms with van der Waals surface area (Å²) >= 11 is 5.94. The lowest BCUT2D eigenvalue weighted by atomic mass is 10.2. The predicted octanol–water partition coefficient (Wildman–Crippen LogP) is 3.25. The molecule has 0 saturated carbocycles. The molecule has 0 fully saturated rings. The highest BCUT2D eigenvalue weighted by Gasteiger charge is 2.11. The van der Waals surface area contributed by atoms with Crippen LogP contribution in [0, 0.1) is 0 Å². The van der Waals surface area contributed by atoms with E-state index >= 15 is 0 Å². The summed E-state index contributed by atoms with van der Waals surface area (Å²) in [7, 11) is 1.24. The van der Waals surface area contributed by atoms with Gasteiger partial charge >= 0.3 is 12.1 Å². The molecule has 0 aliphatic rings. The van der Waals surface area contributed by atoms with Gasteiger partial charge in [0, 0.05) is 0 Å². The van der Waals surface area contributed by atoms with Crippen LogP contribution in [0.25, 0.3) is 0 Å². The number of carbonyl (C=O) groups excluding carboxylic acids is 2. The van der Waals surface area contributed by atoms with E-state index in [9.17, 15) is 9.59 Å². The van der Waals surface area contributed by atoms with Crippen molar-refractivity contribution in [2.75, 3.05) is 7.11 Å². The summed E-state index contributed by atoms with van der Waals surface area (Å²) in [6.07, 6.45) is 0.767. The minimum absolute atomic E-state index is 0.294. The van der Waals surface area contributed by atoms with Crippen LogP contribution in [0.15, 0.2) is 53.6 Å². The number of nitrogens with zero attached hydrogens (tertiary/aromatic N) is 1. The predicted molar refractivity (Wildman–Crippen MR) is 86.0 cm³/mol. The zero-order valence-electron chi connectivity index (χ0n) is 12.2. The molecule has 0 radical (unpaired) electrons. The van der Waals surface area contributed by atoms with E-state index in [-0.39, 0.29) is 0 Å². The Morgan fingerprint density at radius 2 is 1.83 bits per heavy atom. The Bertz CT molecular complexity index is 729. The van der Waals surface area contributed by atoms with Crippen LogP contribution < -0.4 is 10.2 Å². The quantitative estimate of drug-likeness (QED) is 0.403. The summed E-state index contributed by atoms with van der Waals surface area (Å²) in [6, 6.07) is 13.2. The van der Waals surface area contributed by atoms with Crippen molar-refractivity contribution >= 4 is 29.9 Å². The van der Waals surface area contributed by atoms with Crippen molar-refractivity contribution in [3.8, 4) is 5.75 Å². The lowest BCUT2D eigenvalue weighted by Crippen LogP contribution is -2.16. The number of amides is 1. The first-order valence-corrected chi connectivity index (χ1v) is 6.92. The molecule has 0 unspecified atom stereocenters. The third-order valence-corrected chi connectivity index (χ3v) is 3.07. The van der Waals surface area contributed by atoms with Gasteiger partial charge in [0.2, 0.25) is 0 Å². The fraction of sp³-hybridized carbons (Fsp3) is 0.0625. The highest BCUT2D eigenvalue weighted by molar-refractivity contribution is 6.33. The topological polar surface area (TPSA) is 77.0 Å². The highest BCUT2D eigenvalue weighted by Crippen LogP contribution is 2.18.